The van der Waals surface area contributed by atoms with Crippen LogP contribution in [0.4, 0.5) is 0 Å². The van der Waals surface area contributed by atoms with E-state index in [4.69, 9.17) is 9.94 Å². The van der Waals surface area contributed by atoms with Crippen molar-refractivity contribution in [2.45, 2.75) is 70.8 Å². The molecule has 1 unspecified atom stereocenters. The first-order valence-electron chi connectivity index (χ1n) is 8.84. The largest absolute Gasteiger partial charge is 0.504 e. The molecule has 1 atom stereocenters. The van der Waals surface area contributed by atoms with Gasteiger partial charge in [-0.05, 0) is 37.0 Å². The second-order valence-corrected chi connectivity index (χ2v) is 6.23. The van der Waals surface area contributed by atoms with E-state index in [1.165, 1.54) is 26.4 Å². The number of hydrogen-bond acceptors (Lipinski definition) is 5. The zero-order valence-corrected chi connectivity index (χ0v) is 14.9. The number of aliphatic hydroxyl groups excluding tert-OH is 1. The first-order valence-corrected chi connectivity index (χ1v) is 8.84. The summed E-state index contributed by atoms with van der Waals surface area (Å²) in [5.41, 5.74) is 1.59. The fourth-order valence-corrected chi connectivity index (χ4v) is 2.72. The monoisotopic (exact) mass is 337 g/mol. The van der Waals surface area contributed by atoms with E-state index in [1.807, 2.05) is 6.07 Å². The molecule has 3 N–H and O–H groups in total. The summed E-state index contributed by atoms with van der Waals surface area (Å²) in [7, 11) is 1.51. The number of aliphatic hydroxyl groups is 1. The lowest BCUT2D eigenvalue weighted by Gasteiger charge is -2.12. The van der Waals surface area contributed by atoms with Gasteiger partial charge in [0.25, 0.3) is 0 Å². The van der Waals surface area contributed by atoms with Crippen LogP contribution < -0.4 is 4.74 Å². The molecule has 1 aromatic rings. The van der Waals surface area contributed by atoms with Crippen molar-refractivity contribution < 1.29 is 20.2 Å². The topological polar surface area (TPSA) is 82.3 Å². The number of nitrogens with zero attached hydrogens (tertiary/aromatic N) is 1. The average molecular weight is 337 g/mol. The Balaban J connectivity index is 2.36. The average Bonchev–Trinajstić information content (AvgIpc) is 2.59. The molecule has 0 saturated carbocycles. The molecule has 0 aliphatic carbocycles. The fourth-order valence-electron chi connectivity index (χ4n) is 2.72. The molecule has 5 heteroatoms. The zero-order chi connectivity index (χ0) is 17.8. The van der Waals surface area contributed by atoms with Crippen LogP contribution in [0.1, 0.15) is 63.9 Å². The van der Waals surface area contributed by atoms with Crippen molar-refractivity contribution in [3.63, 3.8) is 0 Å². The highest BCUT2D eigenvalue weighted by Crippen LogP contribution is 2.26. The van der Waals surface area contributed by atoms with Gasteiger partial charge >= 0.3 is 0 Å². The normalized spacial score (nSPS) is 13.0. The van der Waals surface area contributed by atoms with Crippen molar-refractivity contribution >= 4 is 5.71 Å². The molecular formula is C19H31NO4. The van der Waals surface area contributed by atoms with Crippen LogP contribution in [-0.2, 0) is 6.42 Å². The zero-order valence-electron chi connectivity index (χ0n) is 14.9. The maximum absolute atomic E-state index is 10.1. The molecule has 0 aromatic heterocycles. The minimum atomic E-state index is -0.452. The van der Waals surface area contributed by atoms with Gasteiger partial charge in [-0.3, -0.25) is 0 Å². The maximum atomic E-state index is 10.1. The summed E-state index contributed by atoms with van der Waals surface area (Å²) in [6.45, 7) is 2.18. The molecule has 1 rings (SSSR count). The van der Waals surface area contributed by atoms with Crippen LogP contribution in [0.25, 0.3) is 0 Å². The molecule has 5 nitrogen and oxygen atoms in total. The fraction of sp³-hybridized carbons (Fsp3) is 0.632. The Labute approximate surface area is 145 Å². The first kappa shape index (κ1) is 20.3. The molecule has 136 valence electrons. The highest BCUT2D eigenvalue weighted by molar-refractivity contribution is 5.84. The molecule has 0 heterocycles. The number of methoxy groups -OCH3 is 1. The van der Waals surface area contributed by atoms with Crippen LogP contribution in [0.5, 0.6) is 11.5 Å². The molecule has 0 aliphatic heterocycles. The van der Waals surface area contributed by atoms with Gasteiger partial charge in [-0.15, -0.1) is 0 Å². The van der Waals surface area contributed by atoms with Crippen LogP contribution in [0.3, 0.4) is 0 Å². The Morgan fingerprint density at radius 1 is 1.21 bits per heavy atom. The van der Waals surface area contributed by atoms with Crippen molar-refractivity contribution in [1.82, 2.24) is 0 Å². The summed E-state index contributed by atoms with van der Waals surface area (Å²) in [6, 6.07) is 5.18. The molecule has 0 fully saturated rings. The van der Waals surface area contributed by atoms with Gasteiger partial charge in [0.15, 0.2) is 11.5 Å². The molecule has 0 aliphatic rings. The van der Waals surface area contributed by atoms with Crippen LogP contribution in [-0.4, -0.2) is 34.3 Å². The van der Waals surface area contributed by atoms with Crippen LogP contribution in [0, 0.1) is 0 Å². The number of rotatable bonds is 12. The second kappa shape index (κ2) is 11.7. The molecule has 0 bridgehead atoms. The van der Waals surface area contributed by atoms with Gasteiger partial charge in [0, 0.05) is 6.42 Å². The quantitative estimate of drug-likeness (QED) is 0.230. The van der Waals surface area contributed by atoms with Gasteiger partial charge in [0.2, 0.25) is 0 Å². The van der Waals surface area contributed by atoms with E-state index in [2.05, 4.69) is 12.1 Å². The van der Waals surface area contributed by atoms with E-state index >= 15 is 0 Å². The van der Waals surface area contributed by atoms with E-state index in [1.54, 1.807) is 12.1 Å². The molecule has 0 spiro atoms. The van der Waals surface area contributed by atoms with Crippen LogP contribution >= 0.6 is 0 Å². The molecule has 24 heavy (non-hydrogen) atoms. The van der Waals surface area contributed by atoms with Gasteiger partial charge in [0.1, 0.15) is 0 Å². The van der Waals surface area contributed by atoms with E-state index in [0.29, 0.717) is 30.7 Å². The lowest BCUT2D eigenvalue weighted by molar-refractivity contribution is 0.166. The Morgan fingerprint density at radius 2 is 1.96 bits per heavy atom. The first-order chi connectivity index (χ1) is 11.6. The number of ether oxygens (including phenoxy) is 1. The van der Waals surface area contributed by atoms with E-state index < -0.39 is 6.10 Å². The molecule has 0 saturated heterocycles. The van der Waals surface area contributed by atoms with E-state index in [0.717, 1.165) is 24.8 Å². The Morgan fingerprint density at radius 3 is 2.62 bits per heavy atom. The molecule has 0 amide bonds. The molecular weight excluding hydrogens is 306 g/mol. The number of oxime groups is 1. The summed E-state index contributed by atoms with van der Waals surface area (Å²) in [5.74, 6) is 0.540. The molecule has 0 radical (unpaired) electrons. The van der Waals surface area contributed by atoms with Crippen molar-refractivity contribution in [1.29, 1.82) is 0 Å². The minimum Gasteiger partial charge on any atom is -0.504 e. The summed E-state index contributed by atoms with van der Waals surface area (Å²) < 4.78 is 5.09. The summed E-state index contributed by atoms with van der Waals surface area (Å²) in [6.07, 6.45) is 7.76. The number of phenolic OH excluding ortho intramolecular Hbond substituents is 1. The van der Waals surface area contributed by atoms with Gasteiger partial charge < -0.3 is 20.2 Å². The minimum absolute atomic E-state index is 0.107. The maximum Gasteiger partial charge on any atom is 0.160 e. The predicted octanol–water partition coefficient (Wildman–Crippen LogP) is 4.28. The number of benzene rings is 1. The predicted molar refractivity (Wildman–Crippen MR) is 96.2 cm³/mol. The highest BCUT2D eigenvalue weighted by atomic mass is 16.5. The lowest BCUT2D eigenvalue weighted by Crippen LogP contribution is -2.14. The standard InChI is InChI=1S/C19H31NO4/c1-3-4-5-6-7-8-17(21)14-16(20-23)11-9-15-10-12-18(22)19(13-15)24-2/h10,12-13,17,21-23H,3-9,11,14H2,1-2H3/b20-16-. The summed E-state index contributed by atoms with van der Waals surface area (Å²) in [4.78, 5) is 0. The van der Waals surface area contributed by atoms with Gasteiger partial charge in [-0.25, -0.2) is 0 Å². The van der Waals surface area contributed by atoms with Crippen LogP contribution in [0.15, 0.2) is 23.4 Å². The Kier molecular flexibility index (Phi) is 9.92. The van der Waals surface area contributed by atoms with E-state index in [9.17, 15) is 10.2 Å². The lowest BCUT2D eigenvalue weighted by atomic mass is 10.00. The van der Waals surface area contributed by atoms with Gasteiger partial charge in [-0.2, -0.15) is 0 Å². The van der Waals surface area contributed by atoms with Gasteiger partial charge in [-0.1, -0.05) is 50.2 Å². The third kappa shape index (κ3) is 7.68. The van der Waals surface area contributed by atoms with Crippen molar-refractivity contribution in [3.05, 3.63) is 23.8 Å². The van der Waals surface area contributed by atoms with Crippen molar-refractivity contribution in [2.75, 3.05) is 7.11 Å². The number of phenols is 1. The number of unbranched alkanes of at least 4 members (excludes halogenated alkanes) is 4. The number of aromatic hydroxyl groups is 1. The Hall–Kier alpha value is -1.75. The smallest absolute Gasteiger partial charge is 0.160 e. The van der Waals surface area contributed by atoms with Gasteiger partial charge in [0.05, 0.1) is 18.9 Å². The van der Waals surface area contributed by atoms with E-state index in [-0.39, 0.29) is 5.75 Å². The van der Waals surface area contributed by atoms with Crippen LogP contribution in [0.2, 0.25) is 0 Å². The van der Waals surface area contributed by atoms with Crippen molar-refractivity contribution in [2.24, 2.45) is 5.16 Å². The summed E-state index contributed by atoms with van der Waals surface area (Å²) in [5, 5.41) is 32.2. The second-order valence-electron chi connectivity index (χ2n) is 6.23. The summed E-state index contributed by atoms with van der Waals surface area (Å²) >= 11 is 0. The third-order valence-electron chi connectivity index (χ3n) is 4.20. The third-order valence-corrected chi connectivity index (χ3v) is 4.20. The number of aryl methyl sites for hydroxylation is 1. The SMILES string of the molecule is CCCCCCCC(O)C/C(CCc1ccc(O)c(OC)c1)=N\O. The highest BCUT2D eigenvalue weighted by Gasteiger charge is 2.11. The Bertz CT molecular complexity index is 502. The number of hydrogen-bond donors (Lipinski definition) is 3. The van der Waals surface area contributed by atoms with Crippen molar-refractivity contribution in [3.8, 4) is 11.5 Å². The molecule has 1 aromatic carbocycles.